The second-order valence-corrected chi connectivity index (χ2v) is 5.62. The SMILES string of the molecule is Cc1nc(-c2ccccc2NC(=O)N[C@@]2(C)CCOC2)no1. The lowest BCUT2D eigenvalue weighted by atomic mass is 10.0. The van der Waals surface area contributed by atoms with Gasteiger partial charge in [-0.05, 0) is 25.5 Å². The van der Waals surface area contributed by atoms with Crippen LogP contribution in [0.2, 0.25) is 0 Å². The minimum absolute atomic E-state index is 0.277. The maximum Gasteiger partial charge on any atom is 0.319 e. The van der Waals surface area contributed by atoms with Crippen LogP contribution in [0.3, 0.4) is 0 Å². The third-order valence-electron chi connectivity index (χ3n) is 3.58. The van der Waals surface area contributed by atoms with Gasteiger partial charge in [-0.15, -0.1) is 0 Å². The van der Waals surface area contributed by atoms with E-state index in [2.05, 4.69) is 20.8 Å². The van der Waals surface area contributed by atoms with E-state index in [0.717, 1.165) is 6.42 Å². The quantitative estimate of drug-likeness (QED) is 0.908. The summed E-state index contributed by atoms with van der Waals surface area (Å²) in [6.45, 7) is 4.87. The molecule has 0 bridgehead atoms. The second-order valence-electron chi connectivity index (χ2n) is 5.62. The van der Waals surface area contributed by atoms with Gasteiger partial charge in [0.15, 0.2) is 0 Å². The lowest BCUT2D eigenvalue weighted by molar-refractivity contribution is 0.172. The number of para-hydroxylation sites is 1. The molecule has 7 heteroatoms. The molecule has 1 aliphatic rings. The lowest BCUT2D eigenvalue weighted by Gasteiger charge is -2.23. The molecular formula is C15H18N4O3. The van der Waals surface area contributed by atoms with Gasteiger partial charge >= 0.3 is 6.03 Å². The van der Waals surface area contributed by atoms with Crippen molar-refractivity contribution in [2.24, 2.45) is 0 Å². The highest BCUT2D eigenvalue weighted by atomic mass is 16.5. The van der Waals surface area contributed by atoms with Crippen LogP contribution in [0.1, 0.15) is 19.2 Å². The van der Waals surface area contributed by atoms with Crippen molar-refractivity contribution in [3.05, 3.63) is 30.2 Å². The van der Waals surface area contributed by atoms with E-state index in [0.29, 0.717) is 36.2 Å². The van der Waals surface area contributed by atoms with Gasteiger partial charge in [0, 0.05) is 19.1 Å². The highest BCUT2D eigenvalue weighted by Gasteiger charge is 2.31. The van der Waals surface area contributed by atoms with Crippen molar-refractivity contribution in [3.8, 4) is 11.4 Å². The predicted molar refractivity (Wildman–Crippen MR) is 80.5 cm³/mol. The molecule has 1 aliphatic heterocycles. The normalized spacial score (nSPS) is 20.8. The minimum atomic E-state index is -0.332. The average Bonchev–Trinajstić information content (AvgIpc) is 3.08. The number of urea groups is 1. The topological polar surface area (TPSA) is 89.3 Å². The third-order valence-corrected chi connectivity index (χ3v) is 3.58. The highest BCUT2D eigenvalue weighted by molar-refractivity contribution is 5.94. The number of rotatable bonds is 3. The fraction of sp³-hybridized carbons (Fsp3) is 0.400. The van der Waals surface area contributed by atoms with Crippen LogP contribution in [0.25, 0.3) is 11.4 Å². The van der Waals surface area contributed by atoms with Gasteiger partial charge in [0.1, 0.15) is 0 Å². The van der Waals surface area contributed by atoms with Gasteiger partial charge in [-0.3, -0.25) is 0 Å². The number of nitrogens with zero attached hydrogens (tertiary/aromatic N) is 2. The van der Waals surface area contributed by atoms with Crippen molar-refractivity contribution < 1.29 is 14.1 Å². The van der Waals surface area contributed by atoms with Gasteiger partial charge in [-0.2, -0.15) is 4.98 Å². The zero-order valence-electron chi connectivity index (χ0n) is 12.5. The summed E-state index contributed by atoms with van der Waals surface area (Å²) in [7, 11) is 0. The van der Waals surface area contributed by atoms with Crippen LogP contribution in [-0.2, 0) is 4.74 Å². The van der Waals surface area contributed by atoms with E-state index in [-0.39, 0.29) is 11.6 Å². The minimum Gasteiger partial charge on any atom is -0.379 e. The first-order chi connectivity index (χ1) is 10.6. The molecule has 1 fully saturated rings. The number of benzene rings is 1. The fourth-order valence-electron chi connectivity index (χ4n) is 2.39. The van der Waals surface area contributed by atoms with E-state index < -0.39 is 0 Å². The van der Waals surface area contributed by atoms with Crippen LogP contribution < -0.4 is 10.6 Å². The van der Waals surface area contributed by atoms with Crippen molar-refractivity contribution in [1.29, 1.82) is 0 Å². The molecule has 3 rings (SSSR count). The summed E-state index contributed by atoms with van der Waals surface area (Å²) in [6, 6.07) is 7.05. The molecule has 0 unspecified atom stereocenters. The maximum atomic E-state index is 12.2. The van der Waals surface area contributed by atoms with E-state index in [4.69, 9.17) is 9.26 Å². The van der Waals surface area contributed by atoms with Gasteiger partial charge in [0.05, 0.1) is 17.8 Å². The molecule has 0 saturated carbocycles. The monoisotopic (exact) mass is 302 g/mol. The van der Waals surface area contributed by atoms with Crippen LogP contribution >= 0.6 is 0 Å². The number of carbonyl (C=O) groups is 1. The summed E-state index contributed by atoms with van der Waals surface area (Å²) in [5, 5.41) is 9.68. The Morgan fingerprint density at radius 1 is 1.36 bits per heavy atom. The molecular weight excluding hydrogens is 284 g/mol. The molecule has 22 heavy (non-hydrogen) atoms. The summed E-state index contributed by atoms with van der Waals surface area (Å²) in [5.41, 5.74) is 1.01. The van der Waals surface area contributed by atoms with Crippen molar-refractivity contribution >= 4 is 11.7 Å². The summed E-state index contributed by atoms with van der Waals surface area (Å²) in [4.78, 5) is 16.4. The van der Waals surface area contributed by atoms with Crippen LogP contribution in [0.4, 0.5) is 10.5 Å². The fourth-order valence-corrected chi connectivity index (χ4v) is 2.39. The van der Waals surface area contributed by atoms with Crippen molar-refractivity contribution in [2.75, 3.05) is 18.5 Å². The molecule has 1 saturated heterocycles. The van der Waals surface area contributed by atoms with Crippen LogP contribution in [0.15, 0.2) is 28.8 Å². The van der Waals surface area contributed by atoms with Crippen molar-refractivity contribution in [3.63, 3.8) is 0 Å². The number of nitrogens with one attached hydrogen (secondary N) is 2. The van der Waals surface area contributed by atoms with Gasteiger partial charge in [-0.1, -0.05) is 17.3 Å². The summed E-state index contributed by atoms with van der Waals surface area (Å²) in [5.74, 6) is 0.925. The summed E-state index contributed by atoms with van der Waals surface area (Å²) < 4.78 is 10.3. The van der Waals surface area contributed by atoms with Gasteiger partial charge in [-0.25, -0.2) is 4.79 Å². The molecule has 2 aromatic rings. The largest absolute Gasteiger partial charge is 0.379 e. The number of carbonyl (C=O) groups excluding carboxylic acids is 1. The van der Waals surface area contributed by atoms with E-state index >= 15 is 0 Å². The number of aryl methyl sites for hydroxylation is 1. The number of anilines is 1. The molecule has 116 valence electrons. The van der Waals surface area contributed by atoms with E-state index in [1.54, 1.807) is 13.0 Å². The highest BCUT2D eigenvalue weighted by Crippen LogP contribution is 2.25. The Balaban J connectivity index is 1.76. The zero-order chi connectivity index (χ0) is 15.6. The van der Waals surface area contributed by atoms with Crippen molar-refractivity contribution in [2.45, 2.75) is 25.8 Å². The molecule has 0 spiro atoms. The second kappa shape index (κ2) is 5.76. The van der Waals surface area contributed by atoms with Gasteiger partial charge < -0.3 is 19.9 Å². The Kier molecular flexibility index (Phi) is 3.81. The average molecular weight is 302 g/mol. The Morgan fingerprint density at radius 2 is 2.18 bits per heavy atom. The van der Waals surface area contributed by atoms with Crippen molar-refractivity contribution in [1.82, 2.24) is 15.5 Å². The number of hydrogen-bond donors (Lipinski definition) is 2. The van der Waals surface area contributed by atoms with Gasteiger partial charge in [0.2, 0.25) is 11.7 Å². The summed E-state index contributed by atoms with van der Waals surface area (Å²) >= 11 is 0. The first kappa shape index (κ1) is 14.5. The maximum absolute atomic E-state index is 12.2. The van der Waals surface area contributed by atoms with Crippen LogP contribution in [-0.4, -0.2) is 34.9 Å². The number of amides is 2. The molecule has 1 aromatic heterocycles. The number of aromatic nitrogens is 2. The van der Waals surface area contributed by atoms with Crippen LogP contribution in [0, 0.1) is 6.92 Å². The molecule has 0 radical (unpaired) electrons. The van der Waals surface area contributed by atoms with E-state index in [9.17, 15) is 4.79 Å². The molecule has 2 N–H and O–H groups in total. The first-order valence-electron chi connectivity index (χ1n) is 7.12. The molecule has 2 heterocycles. The molecule has 7 nitrogen and oxygen atoms in total. The summed E-state index contributed by atoms with van der Waals surface area (Å²) in [6.07, 6.45) is 0.798. The Morgan fingerprint density at radius 3 is 2.86 bits per heavy atom. The van der Waals surface area contributed by atoms with E-state index in [1.807, 2.05) is 25.1 Å². The zero-order valence-corrected chi connectivity index (χ0v) is 12.5. The molecule has 1 aromatic carbocycles. The van der Waals surface area contributed by atoms with Gasteiger partial charge in [0.25, 0.3) is 0 Å². The Hall–Kier alpha value is -2.41. The Bertz CT molecular complexity index is 677. The predicted octanol–water partition coefficient (Wildman–Crippen LogP) is 2.35. The standard InChI is InChI=1S/C15H18N4O3/c1-10-16-13(19-22-10)11-5-3-4-6-12(11)17-14(20)18-15(2)7-8-21-9-15/h3-6H,7-9H2,1-2H3,(H2,17,18,20)/t15-/m0/s1. The molecule has 1 atom stereocenters. The first-order valence-corrected chi connectivity index (χ1v) is 7.12. The smallest absolute Gasteiger partial charge is 0.319 e. The third kappa shape index (κ3) is 3.09. The van der Waals surface area contributed by atoms with Crippen LogP contribution in [0.5, 0.6) is 0 Å². The lowest BCUT2D eigenvalue weighted by Crippen LogP contribution is -2.48. The molecule has 0 aliphatic carbocycles. The molecule has 2 amide bonds. The Labute approximate surface area is 128 Å². The number of hydrogen-bond acceptors (Lipinski definition) is 5. The number of ether oxygens (including phenoxy) is 1. The van der Waals surface area contributed by atoms with E-state index in [1.165, 1.54) is 0 Å².